The van der Waals surface area contributed by atoms with E-state index in [1.54, 1.807) is 18.4 Å². The lowest BCUT2D eigenvalue weighted by Gasteiger charge is -2.24. The van der Waals surface area contributed by atoms with E-state index in [4.69, 9.17) is 4.74 Å². The van der Waals surface area contributed by atoms with Crippen LogP contribution in [0.2, 0.25) is 0 Å². The van der Waals surface area contributed by atoms with Crippen LogP contribution in [0.5, 0.6) is 5.75 Å². The molecule has 0 radical (unpaired) electrons. The maximum absolute atomic E-state index is 12.9. The zero-order valence-corrected chi connectivity index (χ0v) is 18.2. The van der Waals surface area contributed by atoms with Gasteiger partial charge in [0.05, 0.1) is 19.4 Å². The first-order valence-corrected chi connectivity index (χ1v) is 11.5. The van der Waals surface area contributed by atoms with E-state index in [1.807, 2.05) is 70.9 Å². The molecule has 0 saturated carbocycles. The number of hydrogen-bond donors (Lipinski definition) is 1. The molecule has 1 atom stereocenters. The molecule has 1 aliphatic heterocycles. The van der Waals surface area contributed by atoms with E-state index >= 15 is 0 Å². The first-order valence-electron chi connectivity index (χ1n) is 9.59. The number of fused-ring (bicyclic) bond motifs is 1. The molecule has 1 aliphatic rings. The number of thioether (sulfide) groups is 1. The lowest BCUT2D eigenvalue weighted by molar-refractivity contribution is -0.118. The molecular weight excluding hydrogens is 416 g/mol. The molecule has 1 N–H and O–H groups in total. The quantitative estimate of drug-likeness (QED) is 0.564. The van der Waals surface area contributed by atoms with Crippen LogP contribution in [-0.2, 0) is 17.9 Å². The third-order valence-electron chi connectivity index (χ3n) is 4.93. The molecule has 0 spiro atoms. The minimum atomic E-state index is -0.164. The zero-order valence-electron chi connectivity index (χ0n) is 16.5. The Labute approximate surface area is 184 Å². The number of thiophene rings is 1. The second-order valence-corrected chi connectivity index (χ2v) is 8.99. The number of benzene rings is 2. The van der Waals surface area contributed by atoms with Crippen molar-refractivity contribution in [2.75, 3.05) is 12.9 Å². The van der Waals surface area contributed by atoms with Crippen molar-refractivity contribution in [2.45, 2.75) is 18.5 Å². The summed E-state index contributed by atoms with van der Waals surface area (Å²) < 4.78 is 5.15. The monoisotopic (exact) mass is 438 g/mol. The molecule has 3 aromatic rings. The van der Waals surface area contributed by atoms with Gasteiger partial charge in [0.2, 0.25) is 5.91 Å². The fourth-order valence-electron chi connectivity index (χ4n) is 3.39. The summed E-state index contributed by atoms with van der Waals surface area (Å²) in [5.74, 6) is 1.04. The highest BCUT2D eigenvalue weighted by Gasteiger charge is 2.37. The van der Waals surface area contributed by atoms with Crippen molar-refractivity contribution in [3.63, 3.8) is 0 Å². The molecule has 0 saturated heterocycles. The average Bonchev–Trinajstić information content (AvgIpc) is 3.39. The molecule has 0 aliphatic carbocycles. The average molecular weight is 439 g/mol. The SMILES string of the molecule is COc1ccc(CNC(=O)CS[C@H]2c3ccccc3C(=O)N2Cc2cccs2)cc1. The number of hydrogen-bond acceptors (Lipinski definition) is 5. The predicted octanol–water partition coefficient (Wildman–Crippen LogP) is 4.46. The van der Waals surface area contributed by atoms with Crippen molar-refractivity contribution in [1.82, 2.24) is 10.2 Å². The van der Waals surface area contributed by atoms with Gasteiger partial charge >= 0.3 is 0 Å². The second kappa shape index (κ2) is 9.36. The normalized spacial score (nSPS) is 15.2. The Morgan fingerprint density at radius 2 is 1.93 bits per heavy atom. The molecule has 2 aromatic carbocycles. The summed E-state index contributed by atoms with van der Waals surface area (Å²) in [5, 5.41) is 4.80. The predicted molar refractivity (Wildman–Crippen MR) is 121 cm³/mol. The Balaban J connectivity index is 1.39. The number of nitrogens with one attached hydrogen (secondary N) is 1. The van der Waals surface area contributed by atoms with Gasteiger partial charge < -0.3 is 15.0 Å². The van der Waals surface area contributed by atoms with Crippen LogP contribution in [0.3, 0.4) is 0 Å². The molecule has 30 heavy (non-hydrogen) atoms. The van der Waals surface area contributed by atoms with Gasteiger partial charge in [-0.3, -0.25) is 9.59 Å². The highest BCUT2D eigenvalue weighted by molar-refractivity contribution is 8.00. The lowest BCUT2D eigenvalue weighted by Crippen LogP contribution is -2.28. The molecule has 0 fully saturated rings. The van der Waals surface area contributed by atoms with Gasteiger partial charge in [0.25, 0.3) is 5.91 Å². The summed E-state index contributed by atoms with van der Waals surface area (Å²) in [7, 11) is 1.63. The number of carbonyl (C=O) groups excluding carboxylic acids is 2. The Morgan fingerprint density at radius 1 is 1.13 bits per heavy atom. The van der Waals surface area contributed by atoms with E-state index in [9.17, 15) is 9.59 Å². The Hall–Kier alpha value is -2.77. The number of ether oxygens (including phenoxy) is 1. The summed E-state index contributed by atoms with van der Waals surface area (Å²) in [6, 6.07) is 19.3. The maximum Gasteiger partial charge on any atom is 0.255 e. The van der Waals surface area contributed by atoms with Crippen molar-refractivity contribution in [3.8, 4) is 5.75 Å². The summed E-state index contributed by atoms with van der Waals surface area (Å²) in [6.07, 6.45) is 0. The minimum Gasteiger partial charge on any atom is -0.497 e. The molecule has 2 heterocycles. The standard InChI is InChI=1S/C23H22N2O3S2/c1-28-17-10-8-16(9-11-17)13-24-21(26)15-30-23-20-7-3-2-6-19(20)22(27)25(23)14-18-5-4-12-29-18/h2-12,23H,13-15H2,1H3,(H,24,26)/t23-/m0/s1. The van der Waals surface area contributed by atoms with Gasteiger partial charge in [-0.15, -0.1) is 23.1 Å². The van der Waals surface area contributed by atoms with Crippen LogP contribution in [0, 0.1) is 0 Å². The fourth-order valence-corrected chi connectivity index (χ4v) is 5.24. The van der Waals surface area contributed by atoms with E-state index in [-0.39, 0.29) is 22.9 Å². The van der Waals surface area contributed by atoms with E-state index in [2.05, 4.69) is 5.32 Å². The molecule has 154 valence electrons. The van der Waals surface area contributed by atoms with Gasteiger partial charge in [-0.25, -0.2) is 0 Å². The number of amides is 2. The lowest BCUT2D eigenvalue weighted by atomic mass is 10.1. The van der Waals surface area contributed by atoms with E-state index in [0.717, 1.165) is 27.3 Å². The fraction of sp³-hybridized carbons (Fsp3) is 0.217. The van der Waals surface area contributed by atoms with Crippen LogP contribution < -0.4 is 10.1 Å². The van der Waals surface area contributed by atoms with Crippen LogP contribution in [0.1, 0.15) is 31.7 Å². The molecule has 5 nitrogen and oxygen atoms in total. The van der Waals surface area contributed by atoms with Gasteiger partial charge in [0.15, 0.2) is 0 Å². The highest BCUT2D eigenvalue weighted by Crippen LogP contribution is 2.42. The van der Waals surface area contributed by atoms with E-state index < -0.39 is 0 Å². The van der Waals surface area contributed by atoms with Crippen molar-refractivity contribution < 1.29 is 14.3 Å². The Morgan fingerprint density at radius 3 is 2.67 bits per heavy atom. The highest BCUT2D eigenvalue weighted by atomic mass is 32.2. The van der Waals surface area contributed by atoms with Crippen LogP contribution in [0.15, 0.2) is 66.0 Å². The number of carbonyl (C=O) groups is 2. The molecular formula is C23H22N2O3S2. The molecule has 0 unspecified atom stereocenters. The van der Waals surface area contributed by atoms with E-state index in [1.165, 1.54) is 11.8 Å². The summed E-state index contributed by atoms with van der Waals surface area (Å²) >= 11 is 3.12. The van der Waals surface area contributed by atoms with Crippen molar-refractivity contribution >= 4 is 34.9 Å². The van der Waals surface area contributed by atoms with Crippen LogP contribution >= 0.6 is 23.1 Å². The van der Waals surface area contributed by atoms with Gasteiger partial charge in [-0.2, -0.15) is 0 Å². The smallest absolute Gasteiger partial charge is 0.255 e. The van der Waals surface area contributed by atoms with Gasteiger partial charge in [-0.05, 0) is 40.8 Å². The van der Waals surface area contributed by atoms with Crippen molar-refractivity contribution in [1.29, 1.82) is 0 Å². The summed E-state index contributed by atoms with van der Waals surface area (Å²) in [6.45, 7) is 1.01. The third-order valence-corrected chi connectivity index (χ3v) is 7.04. The minimum absolute atomic E-state index is 0.0233. The summed E-state index contributed by atoms with van der Waals surface area (Å²) in [5.41, 5.74) is 2.71. The Bertz CT molecular complexity index is 1020. The zero-order chi connectivity index (χ0) is 20.9. The second-order valence-electron chi connectivity index (χ2n) is 6.89. The van der Waals surface area contributed by atoms with Crippen molar-refractivity contribution in [3.05, 3.63) is 87.6 Å². The largest absolute Gasteiger partial charge is 0.497 e. The third kappa shape index (κ3) is 4.52. The number of nitrogens with zero attached hydrogens (tertiary/aromatic N) is 1. The Kier molecular flexibility index (Phi) is 6.40. The molecule has 7 heteroatoms. The maximum atomic E-state index is 12.9. The topological polar surface area (TPSA) is 58.6 Å². The molecule has 0 bridgehead atoms. The first kappa shape index (κ1) is 20.5. The summed E-state index contributed by atoms with van der Waals surface area (Å²) in [4.78, 5) is 28.4. The van der Waals surface area contributed by atoms with Gasteiger partial charge in [0, 0.05) is 17.0 Å². The van der Waals surface area contributed by atoms with E-state index in [0.29, 0.717) is 13.1 Å². The van der Waals surface area contributed by atoms with Gasteiger partial charge in [-0.1, -0.05) is 36.4 Å². The molecule has 1 aromatic heterocycles. The number of methoxy groups -OCH3 is 1. The van der Waals surface area contributed by atoms with Crippen LogP contribution in [0.4, 0.5) is 0 Å². The van der Waals surface area contributed by atoms with Crippen LogP contribution in [-0.4, -0.2) is 29.6 Å². The molecule has 2 amide bonds. The van der Waals surface area contributed by atoms with Crippen molar-refractivity contribution in [2.24, 2.45) is 0 Å². The van der Waals surface area contributed by atoms with Crippen LogP contribution in [0.25, 0.3) is 0 Å². The van der Waals surface area contributed by atoms with Gasteiger partial charge in [0.1, 0.15) is 11.1 Å². The number of rotatable bonds is 8. The molecule has 4 rings (SSSR count). The first-order chi connectivity index (χ1) is 14.7.